The van der Waals surface area contributed by atoms with Crippen molar-refractivity contribution in [3.63, 3.8) is 0 Å². The quantitative estimate of drug-likeness (QED) is 0.748. The maximum Gasteiger partial charge on any atom is 0.263 e. The zero-order chi connectivity index (χ0) is 15.6. The van der Waals surface area contributed by atoms with Gasteiger partial charge in [0, 0.05) is 33.1 Å². The predicted molar refractivity (Wildman–Crippen MR) is 83.1 cm³/mol. The van der Waals surface area contributed by atoms with Crippen LogP contribution in [-0.2, 0) is 4.79 Å². The van der Waals surface area contributed by atoms with E-state index in [9.17, 15) is 9.59 Å². The van der Waals surface area contributed by atoms with Gasteiger partial charge in [-0.3, -0.25) is 9.59 Å². The van der Waals surface area contributed by atoms with Crippen LogP contribution in [0.5, 0.6) is 5.75 Å². The normalized spacial score (nSPS) is 17.7. The van der Waals surface area contributed by atoms with Gasteiger partial charge in [0.25, 0.3) is 5.91 Å². The molecule has 0 spiro atoms. The van der Waals surface area contributed by atoms with Crippen molar-refractivity contribution in [2.24, 2.45) is 0 Å². The van der Waals surface area contributed by atoms with Gasteiger partial charge in [0.15, 0.2) is 5.75 Å². The molecule has 1 saturated heterocycles. The second kappa shape index (κ2) is 6.21. The molecular weight excluding hydrogens is 292 g/mol. The molecule has 1 aromatic heterocycles. The highest BCUT2D eigenvalue weighted by Crippen LogP contribution is 2.45. The number of hydrogen-bond acceptors (Lipinski definition) is 6. The molecule has 1 aromatic rings. The molecule has 1 atom stereocenters. The van der Waals surface area contributed by atoms with E-state index < -0.39 is 0 Å². The summed E-state index contributed by atoms with van der Waals surface area (Å²) in [5.41, 5.74) is 6.36. The van der Waals surface area contributed by atoms with E-state index in [0.717, 1.165) is 18.0 Å². The van der Waals surface area contributed by atoms with Crippen LogP contribution in [0.2, 0.25) is 0 Å². The third-order valence-electron chi connectivity index (χ3n) is 3.40. The van der Waals surface area contributed by atoms with E-state index in [1.54, 1.807) is 7.05 Å². The Morgan fingerprint density at radius 1 is 1.48 bits per heavy atom. The smallest absolute Gasteiger partial charge is 0.263 e. The highest BCUT2D eigenvalue weighted by Gasteiger charge is 2.30. The van der Waals surface area contributed by atoms with E-state index in [1.165, 1.54) is 25.4 Å². The monoisotopic (exact) mass is 312 g/mol. The Hall–Kier alpha value is -1.96. The lowest BCUT2D eigenvalue weighted by molar-refractivity contribution is -0.119. The fourth-order valence-corrected chi connectivity index (χ4v) is 3.63. The number of thiophene rings is 1. The molecule has 0 aliphatic carbocycles. The average Bonchev–Trinajstić information content (AvgIpc) is 3.01. The van der Waals surface area contributed by atoms with Crippen molar-refractivity contribution >= 4 is 33.8 Å². The molecule has 21 heavy (non-hydrogen) atoms. The zero-order valence-electron chi connectivity index (χ0n) is 12.4. The lowest BCUT2D eigenvalue weighted by Gasteiger charge is -2.18. The molecule has 116 valence electrons. The molecule has 4 N–H and O–H groups in total. The molecule has 1 aliphatic rings. The van der Waals surface area contributed by atoms with Crippen LogP contribution in [0.4, 0.5) is 10.7 Å². The van der Waals surface area contributed by atoms with Gasteiger partial charge < -0.3 is 26.0 Å². The van der Waals surface area contributed by atoms with Crippen LogP contribution < -0.4 is 26.0 Å². The topological polar surface area (TPSA) is 96.7 Å². The van der Waals surface area contributed by atoms with Crippen molar-refractivity contribution in [2.45, 2.75) is 19.4 Å². The number of anilines is 2. The summed E-state index contributed by atoms with van der Waals surface area (Å²) in [5.74, 6) is 0.271. The number of nitrogens with one attached hydrogen (secondary N) is 2. The van der Waals surface area contributed by atoms with Gasteiger partial charge in [-0.05, 0) is 6.42 Å². The molecule has 2 rings (SSSR count). The number of carbonyl (C=O) groups excluding carboxylic acids is 2. The highest BCUT2D eigenvalue weighted by atomic mass is 32.1. The first-order chi connectivity index (χ1) is 9.97. The van der Waals surface area contributed by atoms with Gasteiger partial charge in [0.2, 0.25) is 5.91 Å². The van der Waals surface area contributed by atoms with Crippen LogP contribution in [0.15, 0.2) is 0 Å². The van der Waals surface area contributed by atoms with E-state index in [2.05, 4.69) is 15.5 Å². The van der Waals surface area contributed by atoms with Crippen LogP contribution in [0.3, 0.4) is 0 Å². The minimum atomic E-state index is -0.223. The van der Waals surface area contributed by atoms with Crippen LogP contribution in [0.1, 0.15) is 23.0 Å². The first-order valence-electron chi connectivity index (χ1n) is 6.68. The summed E-state index contributed by atoms with van der Waals surface area (Å²) in [7, 11) is 3.10. The Morgan fingerprint density at radius 2 is 2.19 bits per heavy atom. The first-order valence-corrected chi connectivity index (χ1v) is 7.50. The average molecular weight is 312 g/mol. The summed E-state index contributed by atoms with van der Waals surface area (Å²) in [6.45, 7) is 2.98. The van der Waals surface area contributed by atoms with E-state index in [1.807, 2.05) is 0 Å². The lowest BCUT2D eigenvalue weighted by atomic mass is 10.2. The number of ether oxygens (including phenoxy) is 1. The van der Waals surface area contributed by atoms with Crippen molar-refractivity contribution in [1.29, 1.82) is 0 Å². The molecule has 1 aliphatic heterocycles. The molecule has 2 amide bonds. The number of nitrogens with two attached hydrogens (primary N) is 1. The summed E-state index contributed by atoms with van der Waals surface area (Å²) in [5, 5.41) is 6.31. The largest absolute Gasteiger partial charge is 0.492 e. The minimum Gasteiger partial charge on any atom is -0.492 e. The summed E-state index contributed by atoms with van der Waals surface area (Å²) in [4.78, 5) is 25.5. The fraction of sp³-hybridized carbons (Fsp3) is 0.538. The first kappa shape index (κ1) is 15.4. The second-order valence-corrected chi connectivity index (χ2v) is 5.89. The Bertz CT molecular complexity index is 558. The van der Waals surface area contributed by atoms with Gasteiger partial charge in [-0.2, -0.15) is 0 Å². The van der Waals surface area contributed by atoms with Crippen LogP contribution in [0, 0.1) is 0 Å². The van der Waals surface area contributed by atoms with Gasteiger partial charge in [-0.1, -0.05) is 0 Å². The summed E-state index contributed by atoms with van der Waals surface area (Å²) >= 11 is 1.31. The number of nitrogens with zero attached hydrogens (tertiary/aromatic N) is 1. The van der Waals surface area contributed by atoms with E-state index in [4.69, 9.17) is 10.5 Å². The second-order valence-electron chi connectivity index (χ2n) is 4.89. The molecule has 0 saturated carbocycles. The third-order valence-corrected chi connectivity index (χ3v) is 4.65. The summed E-state index contributed by atoms with van der Waals surface area (Å²) in [6, 6.07) is 0.110. The standard InChI is InChI=1S/C13H20N4O3S/c1-7(18)16-8-4-5-17(6-8)13-10(20-3)9(14)11(21-13)12(19)15-2/h8H,4-6,14H2,1-3H3,(H,15,19)(H,16,18). The number of amides is 2. The van der Waals surface area contributed by atoms with Crippen LogP contribution >= 0.6 is 11.3 Å². The molecular formula is C13H20N4O3S. The van der Waals surface area contributed by atoms with E-state index in [-0.39, 0.29) is 17.9 Å². The molecule has 2 heterocycles. The number of methoxy groups -OCH3 is 1. The fourth-order valence-electron chi connectivity index (χ4n) is 2.45. The summed E-state index contributed by atoms with van der Waals surface area (Å²) in [6.07, 6.45) is 0.857. The maximum atomic E-state index is 11.8. The molecule has 8 heteroatoms. The highest BCUT2D eigenvalue weighted by molar-refractivity contribution is 7.19. The number of hydrogen-bond donors (Lipinski definition) is 3. The Morgan fingerprint density at radius 3 is 2.76 bits per heavy atom. The van der Waals surface area contributed by atoms with Gasteiger partial charge in [-0.25, -0.2) is 0 Å². The Labute approximate surface area is 127 Å². The Balaban J connectivity index is 2.24. The van der Waals surface area contributed by atoms with Crippen molar-refractivity contribution in [3.05, 3.63) is 4.88 Å². The van der Waals surface area contributed by atoms with Gasteiger partial charge in [-0.15, -0.1) is 11.3 Å². The van der Waals surface area contributed by atoms with Crippen molar-refractivity contribution in [3.8, 4) is 5.75 Å². The van der Waals surface area contributed by atoms with Gasteiger partial charge in [0.05, 0.1) is 7.11 Å². The number of carbonyl (C=O) groups is 2. The molecule has 0 aromatic carbocycles. The predicted octanol–water partition coefficient (Wildman–Crippen LogP) is 0.413. The van der Waals surface area contributed by atoms with E-state index >= 15 is 0 Å². The maximum absolute atomic E-state index is 11.8. The molecule has 0 radical (unpaired) electrons. The zero-order valence-corrected chi connectivity index (χ0v) is 13.2. The Kier molecular flexibility index (Phi) is 4.56. The van der Waals surface area contributed by atoms with Crippen molar-refractivity contribution in [2.75, 3.05) is 37.9 Å². The number of nitrogen functional groups attached to an aromatic ring is 1. The SMILES string of the molecule is CNC(=O)c1sc(N2CCC(NC(C)=O)C2)c(OC)c1N. The van der Waals surface area contributed by atoms with Gasteiger partial charge in [0.1, 0.15) is 15.6 Å². The molecule has 0 bridgehead atoms. The number of rotatable bonds is 4. The van der Waals surface area contributed by atoms with Crippen molar-refractivity contribution < 1.29 is 14.3 Å². The molecule has 1 fully saturated rings. The molecule has 7 nitrogen and oxygen atoms in total. The lowest BCUT2D eigenvalue weighted by Crippen LogP contribution is -2.35. The van der Waals surface area contributed by atoms with Crippen LogP contribution in [-0.4, -0.2) is 45.1 Å². The molecule has 1 unspecified atom stereocenters. The minimum absolute atomic E-state index is 0.0365. The van der Waals surface area contributed by atoms with Gasteiger partial charge >= 0.3 is 0 Å². The van der Waals surface area contributed by atoms with Crippen molar-refractivity contribution in [1.82, 2.24) is 10.6 Å². The van der Waals surface area contributed by atoms with E-state index in [0.29, 0.717) is 22.9 Å². The van der Waals surface area contributed by atoms with Crippen LogP contribution in [0.25, 0.3) is 0 Å². The third kappa shape index (κ3) is 3.05. The summed E-state index contributed by atoms with van der Waals surface area (Å²) < 4.78 is 5.36.